The van der Waals surface area contributed by atoms with E-state index < -0.39 is 5.82 Å². The van der Waals surface area contributed by atoms with Crippen LogP contribution in [0.25, 0.3) is 6.08 Å². The van der Waals surface area contributed by atoms with Gasteiger partial charge in [0.1, 0.15) is 23.9 Å². The Morgan fingerprint density at radius 1 is 1.10 bits per heavy atom. The second-order valence-corrected chi connectivity index (χ2v) is 7.35. The zero-order valence-electron chi connectivity index (χ0n) is 16.0. The molecule has 1 aliphatic rings. The number of ether oxygens (including phenoxy) is 2. The molecule has 0 aliphatic carbocycles. The fraction of sp³-hybridized carbons (Fsp3) is 0.125. The fourth-order valence-electron chi connectivity index (χ4n) is 3.23. The van der Waals surface area contributed by atoms with Gasteiger partial charge in [-0.2, -0.15) is 0 Å². The number of halogens is 2. The van der Waals surface area contributed by atoms with Crippen LogP contribution in [0.1, 0.15) is 32.6 Å². The van der Waals surface area contributed by atoms with Crippen molar-refractivity contribution in [3.8, 4) is 11.5 Å². The Kier molecular flexibility index (Phi) is 5.12. The zero-order chi connectivity index (χ0) is 20.5. The van der Waals surface area contributed by atoms with E-state index >= 15 is 0 Å². The second-order valence-electron chi connectivity index (χ2n) is 6.94. The number of rotatable bonds is 4. The van der Waals surface area contributed by atoms with E-state index in [1.807, 2.05) is 38.1 Å². The molecule has 0 bridgehead atoms. The van der Waals surface area contributed by atoms with Crippen molar-refractivity contribution in [1.29, 1.82) is 0 Å². The van der Waals surface area contributed by atoms with E-state index in [1.165, 1.54) is 12.1 Å². The predicted molar refractivity (Wildman–Crippen MR) is 111 cm³/mol. The molecule has 3 aromatic carbocycles. The van der Waals surface area contributed by atoms with Gasteiger partial charge in [-0.3, -0.25) is 4.79 Å². The van der Waals surface area contributed by atoms with Gasteiger partial charge in [0, 0.05) is 11.1 Å². The van der Waals surface area contributed by atoms with Crippen LogP contribution >= 0.6 is 11.6 Å². The summed E-state index contributed by atoms with van der Waals surface area (Å²) in [4.78, 5) is 12.7. The van der Waals surface area contributed by atoms with Crippen LogP contribution in [0.3, 0.4) is 0 Å². The molecule has 0 amide bonds. The van der Waals surface area contributed by atoms with E-state index in [0.29, 0.717) is 27.6 Å². The Balaban J connectivity index is 1.58. The largest absolute Gasteiger partial charge is 0.488 e. The third-order valence-electron chi connectivity index (χ3n) is 4.77. The van der Waals surface area contributed by atoms with Crippen molar-refractivity contribution in [3.63, 3.8) is 0 Å². The molecule has 146 valence electrons. The first-order chi connectivity index (χ1) is 13.9. The number of carbonyl (C=O) groups excluding carboxylic acids is 1. The number of ketones is 1. The second kappa shape index (κ2) is 7.72. The van der Waals surface area contributed by atoms with Gasteiger partial charge in [0.05, 0.1) is 10.6 Å². The van der Waals surface area contributed by atoms with Crippen LogP contribution in [0.4, 0.5) is 4.39 Å². The van der Waals surface area contributed by atoms with E-state index in [-0.39, 0.29) is 18.1 Å². The molecule has 0 atom stereocenters. The molecule has 1 heterocycles. The summed E-state index contributed by atoms with van der Waals surface area (Å²) >= 11 is 6.06. The third kappa shape index (κ3) is 3.89. The summed E-state index contributed by atoms with van der Waals surface area (Å²) in [5.41, 5.74) is 3.91. The molecule has 29 heavy (non-hydrogen) atoms. The van der Waals surface area contributed by atoms with Crippen LogP contribution in [-0.2, 0) is 6.61 Å². The Labute approximate surface area is 173 Å². The Bertz CT molecular complexity index is 1150. The Morgan fingerprint density at radius 2 is 1.93 bits per heavy atom. The maximum absolute atomic E-state index is 13.2. The highest BCUT2D eigenvalue weighted by atomic mass is 35.5. The number of carbonyl (C=O) groups is 1. The average Bonchev–Trinajstić information content (AvgIpc) is 2.99. The molecule has 0 spiro atoms. The van der Waals surface area contributed by atoms with E-state index in [0.717, 1.165) is 16.7 Å². The van der Waals surface area contributed by atoms with Crippen LogP contribution in [0, 0.1) is 19.7 Å². The van der Waals surface area contributed by atoms with Crippen LogP contribution in [0.2, 0.25) is 5.02 Å². The third-order valence-corrected chi connectivity index (χ3v) is 5.13. The Hall–Kier alpha value is -3.11. The lowest BCUT2D eigenvalue weighted by Gasteiger charge is -2.12. The van der Waals surface area contributed by atoms with Crippen molar-refractivity contribution in [2.24, 2.45) is 0 Å². The number of benzene rings is 3. The summed E-state index contributed by atoms with van der Waals surface area (Å²) in [6.07, 6.45) is 1.74. The van der Waals surface area contributed by atoms with Gasteiger partial charge in [0.25, 0.3) is 0 Å². The van der Waals surface area contributed by atoms with Gasteiger partial charge in [-0.05, 0) is 49.8 Å². The first-order valence-corrected chi connectivity index (χ1v) is 9.51. The summed E-state index contributed by atoms with van der Waals surface area (Å²) < 4.78 is 24.9. The van der Waals surface area contributed by atoms with Gasteiger partial charge in [-0.1, -0.05) is 47.5 Å². The highest BCUT2D eigenvalue weighted by molar-refractivity contribution is 6.31. The topological polar surface area (TPSA) is 35.5 Å². The van der Waals surface area contributed by atoms with Crippen molar-refractivity contribution in [1.82, 2.24) is 0 Å². The molecule has 0 radical (unpaired) electrons. The number of fused-ring (bicyclic) bond motifs is 1. The number of Topliss-reactive ketones (excluding diaryl/α,β-unsaturated/α-hetero) is 1. The smallest absolute Gasteiger partial charge is 0.231 e. The van der Waals surface area contributed by atoms with Crippen molar-refractivity contribution in [2.75, 3.05) is 0 Å². The number of hydrogen-bond acceptors (Lipinski definition) is 3. The lowest BCUT2D eigenvalue weighted by atomic mass is 10.1. The molecule has 0 saturated carbocycles. The maximum Gasteiger partial charge on any atom is 0.231 e. The van der Waals surface area contributed by atoms with Gasteiger partial charge < -0.3 is 9.47 Å². The zero-order valence-corrected chi connectivity index (χ0v) is 16.7. The number of allylic oxidation sites excluding steroid dienone is 1. The number of hydrogen-bond donors (Lipinski definition) is 0. The van der Waals surface area contributed by atoms with E-state index in [1.54, 1.807) is 24.3 Å². The van der Waals surface area contributed by atoms with Crippen molar-refractivity contribution in [3.05, 3.63) is 99.0 Å². The standard InChI is InChI=1S/C24H18ClFO3/c1-14-4-3-5-16(10-14)11-22-23(27)19-8-9-21(15(2)24(19)29-22)28-13-17-6-7-18(26)12-20(17)25/h3-12H,13H2,1-2H3/b22-11-. The van der Waals surface area contributed by atoms with Gasteiger partial charge in [-0.25, -0.2) is 4.39 Å². The quantitative estimate of drug-likeness (QED) is 0.476. The van der Waals surface area contributed by atoms with Crippen molar-refractivity contribution >= 4 is 23.5 Å². The van der Waals surface area contributed by atoms with Crippen molar-refractivity contribution in [2.45, 2.75) is 20.5 Å². The highest BCUT2D eigenvalue weighted by Gasteiger charge is 2.30. The maximum atomic E-state index is 13.2. The molecule has 3 aromatic rings. The molecule has 0 N–H and O–H groups in total. The SMILES string of the molecule is Cc1cccc(/C=C2\Oc3c(ccc(OCc4ccc(F)cc4Cl)c3C)C2=O)c1. The lowest BCUT2D eigenvalue weighted by Crippen LogP contribution is -1.99. The minimum absolute atomic E-state index is 0.155. The minimum Gasteiger partial charge on any atom is -0.488 e. The number of aryl methyl sites for hydroxylation is 1. The van der Waals surface area contributed by atoms with E-state index in [9.17, 15) is 9.18 Å². The molecular weight excluding hydrogens is 391 g/mol. The summed E-state index contributed by atoms with van der Waals surface area (Å²) in [5, 5.41) is 0.304. The first-order valence-electron chi connectivity index (χ1n) is 9.13. The highest BCUT2D eigenvalue weighted by Crippen LogP contribution is 2.39. The summed E-state index contributed by atoms with van der Waals surface area (Å²) in [6, 6.07) is 15.5. The summed E-state index contributed by atoms with van der Waals surface area (Å²) in [7, 11) is 0. The molecule has 3 nitrogen and oxygen atoms in total. The normalized spacial score (nSPS) is 14.1. The van der Waals surface area contributed by atoms with Gasteiger partial charge in [0.15, 0.2) is 5.76 Å². The molecule has 0 saturated heterocycles. The molecular formula is C24H18ClFO3. The minimum atomic E-state index is -0.396. The monoisotopic (exact) mass is 408 g/mol. The first kappa shape index (κ1) is 19.2. The molecule has 5 heteroatoms. The van der Waals surface area contributed by atoms with Gasteiger partial charge in [0.2, 0.25) is 5.78 Å². The van der Waals surface area contributed by atoms with Gasteiger partial charge in [-0.15, -0.1) is 0 Å². The van der Waals surface area contributed by atoms with Crippen molar-refractivity contribution < 1.29 is 18.7 Å². The van der Waals surface area contributed by atoms with Crippen LogP contribution in [0.5, 0.6) is 11.5 Å². The van der Waals surface area contributed by atoms with Crippen LogP contribution in [-0.4, -0.2) is 5.78 Å². The summed E-state index contributed by atoms with van der Waals surface area (Å²) in [6.45, 7) is 4.01. The van der Waals surface area contributed by atoms with Crippen LogP contribution < -0.4 is 9.47 Å². The van der Waals surface area contributed by atoms with Gasteiger partial charge >= 0.3 is 0 Å². The van der Waals surface area contributed by atoms with E-state index in [2.05, 4.69) is 0 Å². The lowest BCUT2D eigenvalue weighted by molar-refractivity contribution is 0.101. The average molecular weight is 409 g/mol. The Morgan fingerprint density at radius 3 is 2.69 bits per heavy atom. The molecule has 4 rings (SSSR count). The predicted octanol–water partition coefficient (Wildman–Crippen LogP) is 6.29. The molecule has 0 fully saturated rings. The molecule has 1 aliphatic heterocycles. The molecule has 0 unspecified atom stereocenters. The van der Waals surface area contributed by atoms with E-state index in [4.69, 9.17) is 21.1 Å². The summed E-state index contributed by atoms with van der Waals surface area (Å²) in [5.74, 6) is 0.808. The van der Waals surface area contributed by atoms with Crippen LogP contribution in [0.15, 0.2) is 60.4 Å². The fourth-order valence-corrected chi connectivity index (χ4v) is 3.45. The molecule has 0 aromatic heterocycles.